The molecule has 8 heteroatoms. The number of carbonyl (C=O) groups is 3. The Kier molecular flexibility index (Phi) is 6.58. The van der Waals surface area contributed by atoms with Gasteiger partial charge in [-0.2, -0.15) is 0 Å². The number of nitrogens with zero attached hydrogens (tertiary/aromatic N) is 1. The van der Waals surface area contributed by atoms with Gasteiger partial charge in [0.25, 0.3) is 5.91 Å². The molecule has 0 radical (unpaired) electrons. The molecule has 0 saturated carbocycles. The Morgan fingerprint density at radius 1 is 1.00 bits per heavy atom. The molecular weight excluding hydrogens is 436 g/mol. The minimum absolute atomic E-state index is 0.220. The Hall–Kier alpha value is -3.88. The monoisotopic (exact) mass is 458 g/mol. The average molecular weight is 459 g/mol. The highest BCUT2D eigenvalue weighted by Crippen LogP contribution is 2.29. The molecule has 4 aromatic rings. The maximum absolute atomic E-state index is 13.3. The number of hydrogen-bond donors (Lipinski definition) is 3. The van der Waals surface area contributed by atoms with Crippen molar-refractivity contribution in [2.75, 3.05) is 5.32 Å². The lowest BCUT2D eigenvalue weighted by atomic mass is 10.0. The van der Waals surface area contributed by atoms with Gasteiger partial charge in [-0.25, -0.2) is 4.98 Å². The first-order valence-corrected chi connectivity index (χ1v) is 11.1. The lowest BCUT2D eigenvalue weighted by molar-refractivity contribution is -0.119. The highest BCUT2D eigenvalue weighted by Gasteiger charge is 2.26. The Labute approximate surface area is 194 Å². The van der Waals surface area contributed by atoms with Gasteiger partial charge in [0.1, 0.15) is 6.04 Å². The van der Waals surface area contributed by atoms with Gasteiger partial charge in [0, 0.05) is 24.7 Å². The summed E-state index contributed by atoms with van der Waals surface area (Å²) in [4.78, 5) is 42.0. The summed E-state index contributed by atoms with van der Waals surface area (Å²) in [6.07, 6.45) is 0. The van der Waals surface area contributed by atoms with Crippen LogP contribution in [0.5, 0.6) is 0 Å². The highest BCUT2D eigenvalue weighted by molar-refractivity contribution is 7.20. The van der Waals surface area contributed by atoms with Crippen molar-refractivity contribution in [2.45, 2.75) is 19.5 Å². The number of carbonyl (C=O) groups excluding carboxylic acids is 3. The van der Waals surface area contributed by atoms with Crippen molar-refractivity contribution in [1.82, 2.24) is 10.3 Å². The van der Waals surface area contributed by atoms with Crippen LogP contribution in [-0.2, 0) is 11.3 Å². The summed E-state index contributed by atoms with van der Waals surface area (Å²) < 4.78 is 0.754. The number of thiazole rings is 1. The summed E-state index contributed by atoms with van der Waals surface area (Å²) in [7, 11) is 0. The van der Waals surface area contributed by atoms with Crippen molar-refractivity contribution in [3.63, 3.8) is 0 Å². The number of ketones is 1. The fourth-order valence-electron chi connectivity index (χ4n) is 3.37. The minimum atomic E-state index is -0.854. The molecule has 1 atom stereocenters. The first-order valence-electron chi connectivity index (χ1n) is 10.3. The van der Waals surface area contributed by atoms with Gasteiger partial charge in [-0.15, -0.1) is 11.3 Å². The second-order valence-corrected chi connectivity index (χ2v) is 8.50. The maximum atomic E-state index is 13.3. The lowest BCUT2D eigenvalue weighted by Crippen LogP contribution is -2.32. The van der Waals surface area contributed by atoms with Crippen LogP contribution in [-0.4, -0.2) is 22.6 Å². The van der Waals surface area contributed by atoms with Gasteiger partial charge in [0.15, 0.2) is 5.01 Å². The van der Waals surface area contributed by atoms with Crippen LogP contribution in [0.1, 0.15) is 44.3 Å². The SMILES string of the molecule is CC(=O)NC(C(=O)c1nc2ccc(NC(=O)c3ccccc3)cc2s1)c1ccc(CN)cc1. The molecule has 0 aliphatic rings. The highest BCUT2D eigenvalue weighted by atomic mass is 32.1. The topological polar surface area (TPSA) is 114 Å². The molecule has 0 aliphatic carbocycles. The van der Waals surface area contributed by atoms with Crippen molar-refractivity contribution in [3.05, 3.63) is 94.5 Å². The predicted molar refractivity (Wildman–Crippen MR) is 129 cm³/mol. The van der Waals surface area contributed by atoms with E-state index in [0.717, 1.165) is 10.3 Å². The summed E-state index contributed by atoms with van der Waals surface area (Å²) in [5.41, 5.74) is 9.04. The second-order valence-electron chi connectivity index (χ2n) is 7.47. The van der Waals surface area contributed by atoms with E-state index in [9.17, 15) is 14.4 Å². The summed E-state index contributed by atoms with van der Waals surface area (Å²) in [6, 6.07) is 20.6. The number of anilines is 1. The van der Waals surface area contributed by atoms with Crippen LogP contribution < -0.4 is 16.4 Å². The van der Waals surface area contributed by atoms with E-state index in [0.29, 0.717) is 28.9 Å². The van der Waals surface area contributed by atoms with Gasteiger partial charge < -0.3 is 16.4 Å². The van der Waals surface area contributed by atoms with E-state index in [1.807, 2.05) is 18.2 Å². The number of nitrogens with two attached hydrogens (primary N) is 1. The number of hydrogen-bond acceptors (Lipinski definition) is 6. The van der Waals surface area contributed by atoms with E-state index in [1.54, 1.807) is 54.6 Å². The zero-order valence-electron chi connectivity index (χ0n) is 17.9. The Bertz CT molecular complexity index is 1320. The molecular formula is C25H22N4O3S. The van der Waals surface area contributed by atoms with Crippen molar-refractivity contribution >= 4 is 44.8 Å². The third-order valence-electron chi connectivity index (χ3n) is 5.05. The number of fused-ring (bicyclic) bond motifs is 1. The van der Waals surface area contributed by atoms with Crippen LogP contribution in [0.3, 0.4) is 0 Å². The van der Waals surface area contributed by atoms with E-state index in [-0.39, 0.29) is 22.6 Å². The Balaban J connectivity index is 1.60. The van der Waals surface area contributed by atoms with Crippen LogP contribution in [0.25, 0.3) is 10.2 Å². The number of Topliss-reactive ketones (excluding diaryl/α,β-unsaturated/α-hetero) is 1. The van der Waals surface area contributed by atoms with Gasteiger partial charge in [0.05, 0.1) is 10.2 Å². The predicted octanol–water partition coefficient (Wildman–Crippen LogP) is 4.07. The number of aromatic nitrogens is 1. The van der Waals surface area contributed by atoms with Crippen LogP contribution in [0.15, 0.2) is 72.8 Å². The van der Waals surface area contributed by atoms with E-state index in [2.05, 4.69) is 15.6 Å². The van der Waals surface area contributed by atoms with Crippen LogP contribution in [0, 0.1) is 0 Å². The van der Waals surface area contributed by atoms with E-state index in [4.69, 9.17) is 5.73 Å². The van der Waals surface area contributed by atoms with Crippen molar-refractivity contribution in [1.29, 1.82) is 0 Å². The van der Waals surface area contributed by atoms with Gasteiger partial charge in [-0.1, -0.05) is 42.5 Å². The van der Waals surface area contributed by atoms with E-state index >= 15 is 0 Å². The third kappa shape index (κ3) is 5.14. The standard InChI is InChI=1S/C25H22N4O3S/c1-15(30)27-22(17-9-7-16(14-26)8-10-17)23(31)25-29-20-12-11-19(13-21(20)33-25)28-24(32)18-5-3-2-4-6-18/h2-13,22H,14,26H2,1H3,(H,27,30)(H,28,32). The summed E-state index contributed by atoms with van der Waals surface area (Å²) >= 11 is 1.22. The largest absolute Gasteiger partial charge is 0.342 e. The number of amides is 2. The molecule has 3 aromatic carbocycles. The molecule has 166 valence electrons. The molecule has 0 bridgehead atoms. The number of rotatable bonds is 7. The average Bonchev–Trinajstić information content (AvgIpc) is 3.26. The fourth-order valence-corrected chi connectivity index (χ4v) is 4.35. The first kappa shape index (κ1) is 22.3. The van der Waals surface area contributed by atoms with Crippen LogP contribution in [0.4, 0.5) is 5.69 Å². The molecule has 4 rings (SSSR count). The normalized spacial score (nSPS) is 11.7. The molecule has 0 aliphatic heterocycles. The number of benzene rings is 3. The zero-order valence-corrected chi connectivity index (χ0v) is 18.7. The summed E-state index contributed by atoms with van der Waals surface area (Å²) in [5, 5.41) is 5.86. The van der Waals surface area contributed by atoms with Gasteiger partial charge in [0.2, 0.25) is 11.7 Å². The van der Waals surface area contributed by atoms with Crippen molar-refractivity contribution < 1.29 is 14.4 Å². The van der Waals surface area contributed by atoms with Gasteiger partial charge >= 0.3 is 0 Å². The molecule has 0 fully saturated rings. The van der Waals surface area contributed by atoms with Gasteiger partial charge in [-0.05, 0) is 41.5 Å². The molecule has 2 amide bonds. The minimum Gasteiger partial charge on any atom is -0.342 e. The molecule has 1 unspecified atom stereocenters. The quantitative estimate of drug-likeness (QED) is 0.361. The summed E-state index contributed by atoms with van der Waals surface area (Å²) in [6.45, 7) is 1.76. The second kappa shape index (κ2) is 9.72. The third-order valence-corrected chi connectivity index (χ3v) is 6.08. The first-order chi connectivity index (χ1) is 15.9. The Morgan fingerprint density at radius 2 is 1.73 bits per heavy atom. The smallest absolute Gasteiger partial charge is 0.255 e. The molecule has 0 saturated heterocycles. The maximum Gasteiger partial charge on any atom is 0.255 e. The van der Waals surface area contributed by atoms with Crippen molar-refractivity contribution in [2.24, 2.45) is 5.73 Å². The molecule has 1 aromatic heterocycles. The fraction of sp³-hybridized carbons (Fsp3) is 0.120. The molecule has 7 nitrogen and oxygen atoms in total. The molecule has 33 heavy (non-hydrogen) atoms. The van der Waals surface area contributed by atoms with Crippen molar-refractivity contribution in [3.8, 4) is 0 Å². The van der Waals surface area contributed by atoms with Gasteiger partial charge in [-0.3, -0.25) is 14.4 Å². The Morgan fingerprint density at radius 3 is 2.39 bits per heavy atom. The zero-order chi connectivity index (χ0) is 23.4. The van der Waals surface area contributed by atoms with E-state index < -0.39 is 6.04 Å². The van der Waals surface area contributed by atoms with E-state index in [1.165, 1.54) is 18.3 Å². The van der Waals surface area contributed by atoms with Crippen LogP contribution >= 0.6 is 11.3 Å². The summed E-state index contributed by atoms with van der Waals surface area (Å²) in [5.74, 6) is -0.840. The lowest BCUT2D eigenvalue weighted by Gasteiger charge is -2.16. The molecule has 4 N–H and O–H groups in total. The van der Waals surface area contributed by atoms with Crippen LogP contribution in [0.2, 0.25) is 0 Å². The number of nitrogens with one attached hydrogen (secondary N) is 2. The molecule has 0 spiro atoms. The molecule has 1 heterocycles.